The maximum absolute atomic E-state index is 12.3. The summed E-state index contributed by atoms with van der Waals surface area (Å²) in [5.74, 6) is 0.933. The van der Waals surface area contributed by atoms with Crippen LogP contribution in [0.3, 0.4) is 0 Å². The first-order valence-corrected chi connectivity index (χ1v) is 7.59. The fourth-order valence-corrected chi connectivity index (χ4v) is 3.21. The van der Waals surface area contributed by atoms with Crippen LogP contribution in [0.25, 0.3) is 0 Å². The van der Waals surface area contributed by atoms with E-state index in [9.17, 15) is 4.79 Å². The van der Waals surface area contributed by atoms with E-state index < -0.39 is 0 Å². The monoisotopic (exact) mass is 287 g/mol. The van der Waals surface area contributed by atoms with E-state index in [2.05, 4.69) is 27.4 Å². The first-order chi connectivity index (χ1) is 9.74. The van der Waals surface area contributed by atoms with Gasteiger partial charge in [-0.05, 0) is 30.0 Å². The van der Waals surface area contributed by atoms with Crippen LogP contribution in [0, 0.1) is 6.92 Å². The lowest BCUT2D eigenvalue weighted by atomic mass is 10.2. The summed E-state index contributed by atoms with van der Waals surface area (Å²) < 4.78 is 0. The maximum Gasteiger partial charge on any atom is 0.242 e. The third kappa shape index (κ3) is 2.73. The van der Waals surface area contributed by atoms with Crippen molar-refractivity contribution in [1.29, 1.82) is 0 Å². The minimum atomic E-state index is 0.134. The molecule has 0 N–H and O–H groups in total. The Morgan fingerprint density at radius 2 is 2.20 bits per heavy atom. The molecule has 0 bridgehead atoms. The van der Waals surface area contributed by atoms with Crippen molar-refractivity contribution >= 4 is 23.1 Å². The molecule has 1 aliphatic heterocycles. The van der Waals surface area contributed by atoms with E-state index in [1.54, 1.807) is 22.4 Å². The predicted octanol–water partition coefficient (Wildman–Crippen LogP) is 2.30. The first-order valence-electron chi connectivity index (χ1n) is 6.71. The molecule has 3 heterocycles. The van der Waals surface area contributed by atoms with Crippen LogP contribution in [-0.2, 0) is 11.3 Å². The smallest absolute Gasteiger partial charge is 0.242 e. The highest BCUT2D eigenvalue weighted by atomic mass is 32.1. The van der Waals surface area contributed by atoms with Gasteiger partial charge in [0.05, 0.1) is 6.54 Å². The summed E-state index contributed by atoms with van der Waals surface area (Å²) in [7, 11) is 0. The molecule has 2 aromatic rings. The van der Waals surface area contributed by atoms with Crippen molar-refractivity contribution in [3.63, 3.8) is 0 Å². The molecule has 2 aromatic heterocycles. The zero-order valence-corrected chi connectivity index (χ0v) is 12.3. The molecule has 0 atom stereocenters. The van der Waals surface area contributed by atoms with Crippen LogP contribution < -0.4 is 4.90 Å². The zero-order valence-electron chi connectivity index (χ0n) is 11.5. The minimum absolute atomic E-state index is 0.134. The fourth-order valence-electron chi connectivity index (χ4n) is 2.46. The molecule has 0 unspecified atom stereocenters. The summed E-state index contributed by atoms with van der Waals surface area (Å²) >= 11 is 1.74. The van der Waals surface area contributed by atoms with Crippen LogP contribution in [0.2, 0.25) is 0 Å². The highest BCUT2D eigenvalue weighted by Crippen LogP contribution is 2.20. The highest BCUT2D eigenvalue weighted by Gasteiger charge is 2.26. The lowest BCUT2D eigenvalue weighted by molar-refractivity contribution is -0.121. The fraction of sp³-hybridized carbons (Fsp3) is 0.333. The van der Waals surface area contributed by atoms with Gasteiger partial charge in [0.1, 0.15) is 5.82 Å². The molecule has 104 valence electrons. The van der Waals surface area contributed by atoms with E-state index in [4.69, 9.17) is 0 Å². The average Bonchev–Trinajstić information content (AvgIpc) is 2.93. The van der Waals surface area contributed by atoms with E-state index in [-0.39, 0.29) is 5.91 Å². The molecule has 1 aliphatic rings. The Bertz CT molecular complexity index is 597. The summed E-state index contributed by atoms with van der Waals surface area (Å²) in [6.07, 6.45) is 1.74. The Kier molecular flexibility index (Phi) is 3.80. The van der Waals surface area contributed by atoms with Crippen LogP contribution in [0.4, 0.5) is 5.82 Å². The number of thiophene rings is 1. The summed E-state index contributed by atoms with van der Waals surface area (Å²) in [6.45, 7) is 4.92. The van der Waals surface area contributed by atoms with Gasteiger partial charge in [-0.1, -0.05) is 12.1 Å². The van der Waals surface area contributed by atoms with Crippen molar-refractivity contribution in [3.8, 4) is 0 Å². The van der Waals surface area contributed by atoms with Crippen LogP contribution in [0.15, 0.2) is 35.8 Å². The molecule has 0 spiro atoms. The molecule has 5 heteroatoms. The summed E-state index contributed by atoms with van der Waals surface area (Å²) in [4.78, 5) is 22.0. The number of nitrogens with zero attached hydrogens (tertiary/aromatic N) is 3. The van der Waals surface area contributed by atoms with E-state index in [0.29, 0.717) is 13.1 Å². The van der Waals surface area contributed by atoms with Gasteiger partial charge in [0.25, 0.3) is 0 Å². The van der Waals surface area contributed by atoms with Crippen LogP contribution in [-0.4, -0.2) is 35.4 Å². The van der Waals surface area contributed by atoms with E-state index in [1.807, 2.05) is 19.1 Å². The number of aromatic nitrogens is 1. The standard InChI is InChI=1S/C15H17N3OS/c1-12-4-2-6-16-15(12)18-8-7-17(11-14(18)19)10-13-5-3-9-20-13/h2-6,9H,7-8,10-11H2,1H3. The first kappa shape index (κ1) is 13.3. The Hall–Kier alpha value is -1.72. The molecule has 1 saturated heterocycles. The molecule has 0 radical (unpaired) electrons. The van der Waals surface area contributed by atoms with Gasteiger partial charge in [-0.25, -0.2) is 4.98 Å². The quantitative estimate of drug-likeness (QED) is 0.869. The number of hydrogen-bond donors (Lipinski definition) is 0. The van der Waals surface area contributed by atoms with Crippen molar-refractivity contribution in [3.05, 3.63) is 46.3 Å². The number of pyridine rings is 1. The van der Waals surface area contributed by atoms with E-state index >= 15 is 0 Å². The van der Waals surface area contributed by atoms with Gasteiger partial charge >= 0.3 is 0 Å². The van der Waals surface area contributed by atoms with E-state index in [0.717, 1.165) is 24.5 Å². The SMILES string of the molecule is Cc1cccnc1N1CCN(Cc2cccs2)CC1=O. The third-order valence-electron chi connectivity index (χ3n) is 3.50. The molecule has 1 amide bonds. The van der Waals surface area contributed by atoms with Crippen LogP contribution >= 0.6 is 11.3 Å². The molecule has 3 rings (SSSR count). The topological polar surface area (TPSA) is 36.4 Å². The molecule has 1 fully saturated rings. The molecule has 0 aromatic carbocycles. The average molecular weight is 287 g/mol. The second-order valence-corrected chi connectivity index (χ2v) is 6.01. The minimum Gasteiger partial charge on any atom is -0.294 e. The summed E-state index contributed by atoms with van der Waals surface area (Å²) in [6, 6.07) is 8.06. The molecule has 20 heavy (non-hydrogen) atoms. The Balaban J connectivity index is 1.68. The number of aryl methyl sites for hydroxylation is 1. The van der Waals surface area contributed by atoms with Crippen LogP contribution in [0.5, 0.6) is 0 Å². The van der Waals surface area contributed by atoms with Gasteiger partial charge < -0.3 is 0 Å². The van der Waals surface area contributed by atoms with Crippen molar-refractivity contribution in [2.45, 2.75) is 13.5 Å². The molecule has 0 saturated carbocycles. The lowest BCUT2D eigenvalue weighted by Crippen LogP contribution is -2.50. The Morgan fingerprint density at radius 3 is 2.90 bits per heavy atom. The number of amides is 1. The number of piperazine rings is 1. The second-order valence-electron chi connectivity index (χ2n) is 4.98. The number of rotatable bonds is 3. The van der Waals surface area contributed by atoms with Crippen molar-refractivity contribution < 1.29 is 4.79 Å². The zero-order chi connectivity index (χ0) is 13.9. The number of carbonyl (C=O) groups excluding carboxylic acids is 1. The predicted molar refractivity (Wildman–Crippen MR) is 80.9 cm³/mol. The van der Waals surface area contributed by atoms with Gasteiger partial charge in [0, 0.05) is 30.7 Å². The van der Waals surface area contributed by atoms with Crippen molar-refractivity contribution in [1.82, 2.24) is 9.88 Å². The van der Waals surface area contributed by atoms with Crippen molar-refractivity contribution in [2.24, 2.45) is 0 Å². The normalized spacial score (nSPS) is 16.6. The van der Waals surface area contributed by atoms with Crippen LogP contribution in [0.1, 0.15) is 10.4 Å². The number of carbonyl (C=O) groups is 1. The second kappa shape index (κ2) is 5.73. The molecule has 4 nitrogen and oxygen atoms in total. The lowest BCUT2D eigenvalue weighted by Gasteiger charge is -2.34. The summed E-state index contributed by atoms with van der Waals surface area (Å²) in [5, 5.41) is 2.07. The Labute approximate surface area is 122 Å². The van der Waals surface area contributed by atoms with Crippen molar-refractivity contribution in [2.75, 3.05) is 24.5 Å². The molecular weight excluding hydrogens is 270 g/mol. The highest BCUT2D eigenvalue weighted by molar-refractivity contribution is 7.09. The van der Waals surface area contributed by atoms with Gasteiger partial charge in [0.15, 0.2) is 0 Å². The maximum atomic E-state index is 12.3. The molecular formula is C15H17N3OS. The number of hydrogen-bond acceptors (Lipinski definition) is 4. The van der Waals surface area contributed by atoms with E-state index in [1.165, 1.54) is 4.88 Å². The largest absolute Gasteiger partial charge is 0.294 e. The molecule has 0 aliphatic carbocycles. The number of anilines is 1. The van der Waals surface area contributed by atoms with Gasteiger partial charge in [0.2, 0.25) is 5.91 Å². The summed E-state index contributed by atoms with van der Waals surface area (Å²) in [5.41, 5.74) is 1.05. The third-order valence-corrected chi connectivity index (χ3v) is 4.36. The Morgan fingerprint density at radius 1 is 1.30 bits per heavy atom. The van der Waals surface area contributed by atoms with Gasteiger partial charge in [-0.15, -0.1) is 11.3 Å². The van der Waals surface area contributed by atoms with Gasteiger partial charge in [-0.3, -0.25) is 14.6 Å². The van der Waals surface area contributed by atoms with Gasteiger partial charge in [-0.2, -0.15) is 0 Å².